The molecule has 1 aliphatic rings. The molecule has 132 valence electrons. The van der Waals surface area contributed by atoms with Crippen molar-refractivity contribution in [2.45, 2.75) is 45.1 Å². The number of imidazole rings is 2. The van der Waals surface area contributed by atoms with E-state index in [1.165, 1.54) is 6.42 Å². The van der Waals surface area contributed by atoms with Crippen LogP contribution in [0.2, 0.25) is 0 Å². The average molecular weight is 357 g/mol. The first kappa shape index (κ1) is 16.3. The van der Waals surface area contributed by atoms with E-state index in [0.29, 0.717) is 11.6 Å². The van der Waals surface area contributed by atoms with E-state index in [1.54, 1.807) is 11.3 Å². The summed E-state index contributed by atoms with van der Waals surface area (Å²) in [7, 11) is 0. The van der Waals surface area contributed by atoms with Crippen molar-refractivity contribution in [2.24, 2.45) is 0 Å². The lowest BCUT2D eigenvalue weighted by Crippen LogP contribution is -2.40. The number of aromatic nitrogens is 4. The standard InChI is InChI=1S/C18H23N5OS/c1-2-3-7-21-9-6-19-16(21)14-5-4-8-22(12-14)17(24)15-13-23-10-11-25-18(23)20-15/h6,9-11,13-14H,2-5,7-8,12H2,1H3. The minimum Gasteiger partial charge on any atom is -0.337 e. The zero-order valence-corrected chi connectivity index (χ0v) is 15.3. The molecule has 6 nitrogen and oxygen atoms in total. The Morgan fingerprint density at radius 1 is 1.40 bits per heavy atom. The second kappa shape index (κ2) is 7.00. The Morgan fingerprint density at radius 3 is 3.16 bits per heavy atom. The number of amides is 1. The van der Waals surface area contributed by atoms with E-state index in [1.807, 2.05) is 33.3 Å². The largest absolute Gasteiger partial charge is 0.337 e. The molecular formula is C18H23N5OS. The molecule has 3 aromatic rings. The number of carbonyl (C=O) groups excluding carboxylic acids is 1. The summed E-state index contributed by atoms with van der Waals surface area (Å²) in [5.41, 5.74) is 0.543. The van der Waals surface area contributed by atoms with Crippen molar-refractivity contribution >= 4 is 22.2 Å². The summed E-state index contributed by atoms with van der Waals surface area (Å²) in [4.78, 5) is 24.7. The fraction of sp³-hybridized carbons (Fsp3) is 0.500. The molecule has 0 saturated carbocycles. The molecule has 0 radical (unpaired) electrons. The number of nitrogens with zero attached hydrogens (tertiary/aromatic N) is 5. The number of thiazole rings is 1. The van der Waals surface area contributed by atoms with Crippen molar-refractivity contribution in [1.82, 2.24) is 23.8 Å². The van der Waals surface area contributed by atoms with Crippen LogP contribution in [-0.2, 0) is 6.54 Å². The molecule has 1 atom stereocenters. The third-order valence-corrected chi connectivity index (χ3v) is 5.66. The maximum Gasteiger partial charge on any atom is 0.274 e. The van der Waals surface area contributed by atoms with Gasteiger partial charge in [0.25, 0.3) is 5.91 Å². The molecule has 25 heavy (non-hydrogen) atoms. The van der Waals surface area contributed by atoms with Crippen LogP contribution in [0.1, 0.15) is 54.8 Å². The highest BCUT2D eigenvalue weighted by molar-refractivity contribution is 7.15. The normalized spacial score (nSPS) is 18.1. The highest BCUT2D eigenvalue weighted by Gasteiger charge is 2.29. The first-order valence-electron chi connectivity index (χ1n) is 8.98. The average Bonchev–Trinajstić information content (AvgIpc) is 3.34. The number of rotatable bonds is 5. The molecule has 1 unspecified atom stereocenters. The lowest BCUT2D eigenvalue weighted by Gasteiger charge is -2.32. The second-order valence-electron chi connectivity index (χ2n) is 6.64. The van der Waals surface area contributed by atoms with Crippen molar-refractivity contribution in [1.29, 1.82) is 0 Å². The second-order valence-corrected chi connectivity index (χ2v) is 7.51. The van der Waals surface area contributed by atoms with Crippen LogP contribution in [0.25, 0.3) is 4.96 Å². The highest BCUT2D eigenvalue weighted by Crippen LogP contribution is 2.27. The Balaban J connectivity index is 1.50. The third kappa shape index (κ3) is 3.20. The number of aryl methyl sites for hydroxylation is 1. The zero-order valence-electron chi connectivity index (χ0n) is 14.5. The number of hydrogen-bond acceptors (Lipinski definition) is 4. The molecule has 0 bridgehead atoms. The SMILES string of the molecule is CCCCn1ccnc1C1CCCN(C(=O)c2cn3ccsc3n2)C1. The van der Waals surface area contributed by atoms with E-state index >= 15 is 0 Å². The van der Waals surface area contributed by atoms with Crippen LogP contribution < -0.4 is 0 Å². The van der Waals surface area contributed by atoms with Gasteiger partial charge < -0.3 is 9.47 Å². The molecule has 7 heteroatoms. The van der Waals surface area contributed by atoms with Gasteiger partial charge in [0.2, 0.25) is 0 Å². The molecule has 1 fully saturated rings. The molecular weight excluding hydrogens is 334 g/mol. The summed E-state index contributed by atoms with van der Waals surface area (Å²) >= 11 is 1.55. The smallest absolute Gasteiger partial charge is 0.274 e. The molecule has 1 aliphatic heterocycles. The Morgan fingerprint density at radius 2 is 2.32 bits per heavy atom. The quantitative estimate of drug-likeness (QED) is 0.703. The molecule has 3 aromatic heterocycles. The molecule has 1 amide bonds. The molecule has 4 heterocycles. The first-order valence-corrected chi connectivity index (χ1v) is 9.86. The van der Waals surface area contributed by atoms with E-state index in [4.69, 9.17) is 0 Å². The van der Waals surface area contributed by atoms with Crippen LogP contribution in [0.3, 0.4) is 0 Å². The van der Waals surface area contributed by atoms with Gasteiger partial charge in [0.05, 0.1) is 0 Å². The highest BCUT2D eigenvalue weighted by atomic mass is 32.1. The van der Waals surface area contributed by atoms with E-state index in [-0.39, 0.29) is 5.91 Å². The fourth-order valence-electron chi connectivity index (χ4n) is 3.56. The lowest BCUT2D eigenvalue weighted by molar-refractivity contribution is 0.0698. The Kier molecular flexibility index (Phi) is 4.57. The number of likely N-dealkylation sites (tertiary alicyclic amines) is 1. The van der Waals surface area contributed by atoms with Gasteiger partial charge in [0, 0.05) is 55.7 Å². The number of unbranched alkanes of at least 4 members (excludes halogenated alkanes) is 1. The predicted octanol–water partition coefficient (Wildman–Crippen LogP) is 3.41. The van der Waals surface area contributed by atoms with Crippen LogP contribution in [0.15, 0.2) is 30.2 Å². The maximum atomic E-state index is 12.9. The summed E-state index contributed by atoms with van der Waals surface area (Å²) in [6, 6.07) is 0. The van der Waals surface area contributed by atoms with Gasteiger partial charge in [0.15, 0.2) is 4.96 Å². The van der Waals surface area contributed by atoms with Gasteiger partial charge in [-0.05, 0) is 19.3 Å². The first-order chi connectivity index (χ1) is 12.3. The summed E-state index contributed by atoms with van der Waals surface area (Å²) in [6.45, 7) is 4.74. The molecule has 0 spiro atoms. The molecule has 0 N–H and O–H groups in total. The summed E-state index contributed by atoms with van der Waals surface area (Å²) in [6.07, 6.45) is 12.1. The number of fused-ring (bicyclic) bond motifs is 1. The Hall–Kier alpha value is -2.15. The molecule has 1 saturated heterocycles. The van der Waals surface area contributed by atoms with Gasteiger partial charge in [0.1, 0.15) is 11.5 Å². The molecule has 0 aromatic carbocycles. The monoisotopic (exact) mass is 357 g/mol. The summed E-state index contributed by atoms with van der Waals surface area (Å²) in [5.74, 6) is 1.47. The molecule has 4 rings (SSSR count). The number of hydrogen-bond donors (Lipinski definition) is 0. The van der Waals surface area contributed by atoms with Crippen LogP contribution in [-0.4, -0.2) is 42.8 Å². The van der Waals surface area contributed by atoms with Gasteiger partial charge >= 0.3 is 0 Å². The summed E-state index contributed by atoms with van der Waals surface area (Å²) in [5, 5.41) is 1.98. The van der Waals surface area contributed by atoms with Gasteiger partial charge in [-0.3, -0.25) is 9.20 Å². The number of carbonyl (C=O) groups is 1. The van der Waals surface area contributed by atoms with Crippen molar-refractivity contribution in [3.05, 3.63) is 41.7 Å². The van der Waals surface area contributed by atoms with Crippen LogP contribution in [0.5, 0.6) is 0 Å². The van der Waals surface area contributed by atoms with Gasteiger partial charge in [-0.25, -0.2) is 9.97 Å². The van der Waals surface area contributed by atoms with Gasteiger partial charge in [-0.15, -0.1) is 11.3 Å². The van der Waals surface area contributed by atoms with Crippen molar-refractivity contribution in [3.63, 3.8) is 0 Å². The van der Waals surface area contributed by atoms with Crippen LogP contribution in [0, 0.1) is 0 Å². The minimum atomic E-state index is 0.0345. The third-order valence-electron chi connectivity index (χ3n) is 4.89. The topological polar surface area (TPSA) is 55.4 Å². The Labute approximate surface area is 151 Å². The predicted molar refractivity (Wildman–Crippen MR) is 98.1 cm³/mol. The maximum absolute atomic E-state index is 12.9. The number of piperidine rings is 1. The van der Waals surface area contributed by atoms with Crippen molar-refractivity contribution in [3.8, 4) is 0 Å². The fourth-order valence-corrected chi connectivity index (χ4v) is 4.26. The molecule has 0 aliphatic carbocycles. The van der Waals surface area contributed by atoms with E-state index in [9.17, 15) is 4.79 Å². The van der Waals surface area contributed by atoms with Crippen LogP contribution in [0.4, 0.5) is 0 Å². The van der Waals surface area contributed by atoms with Crippen molar-refractivity contribution in [2.75, 3.05) is 13.1 Å². The van der Waals surface area contributed by atoms with Crippen molar-refractivity contribution < 1.29 is 4.79 Å². The zero-order chi connectivity index (χ0) is 17.2. The Bertz CT molecular complexity index is 835. The lowest BCUT2D eigenvalue weighted by atomic mass is 9.96. The van der Waals surface area contributed by atoms with E-state index < -0.39 is 0 Å². The summed E-state index contributed by atoms with van der Waals surface area (Å²) < 4.78 is 4.17. The van der Waals surface area contributed by atoms with E-state index in [2.05, 4.69) is 27.7 Å². The van der Waals surface area contributed by atoms with Gasteiger partial charge in [-0.2, -0.15) is 0 Å². The minimum absolute atomic E-state index is 0.0345. The van der Waals surface area contributed by atoms with Crippen LogP contribution >= 0.6 is 11.3 Å². The van der Waals surface area contributed by atoms with E-state index in [0.717, 1.165) is 49.7 Å². The van der Waals surface area contributed by atoms with Gasteiger partial charge in [-0.1, -0.05) is 13.3 Å².